The van der Waals surface area contributed by atoms with Gasteiger partial charge in [0.2, 0.25) is 0 Å². The summed E-state index contributed by atoms with van der Waals surface area (Å²) in [6.45, 7) is 7.27. The number of ether oxygens (including phenoxy) is 1. The van der Waals surface area contributed by atoms with E-state index in [1.165, 1.54) is 26.4 Å². The Hall–Kier alpha value is -0.570. The minimum absolute atomic E-state index is 0.0105. The highest BCUT2D eigenvalue weighted by atomic mass is 16.5. The van der Waals surface area contributed by atoms with Crippen molar-refractivity contribution in [3.05, 3.63) is 0 Å². The van der Waals surface area contributed by atoms with Gasteiger partial charge in [0, 0.05) is 6.04 Å². The van der Waals surface area contributed by atoms with E-state index in [4.69, 9.17) is 0 Å². The molecule has 0 amide bonds. The van der Waals surface area contributed by atoms with Gasteiger partial charge in [-0.2, -0.15) is 0 Å². The zero-order valence-electron chi connectivity index (χ0n) is 10.5. The minimum atomic E-state index is -0.114. The molecule has 0 radical (unpaired) electrons. The Morgan fingerprint density at radius 1 is 1.33 bits per heavy atom. The van der Waals surface area contributed by atoms with Gasteiger partial charge in [0.1, 0.15) is 0 Å². The zero-order chi connectivity index (χ0) is 11.7. The molecule has 0 aliphatic carbocycles. The number of carbonyl (C=O) groups excluding carboxylic acids is 1. The predicted octanol–water partition coefficient (Wildman–Crippen LogP) is 2.35. The highest BCUT2D eigenvalue weighted by Gasteiger charge is 2.15. The maximum absolute atomic E-state index is 11.2. The Labute approximate surface area is 93.6 Å². The molecular weight excluding hydrogens is 190 g/mol. The largest absolute Gasteiger partial charge is 0.469 e. The molecule has 0 bridgehead atoms. The average Bonchev–Trinajstić information content (AvgIpc) is 2.23. The number of carbonyl (C=O) groups is 1. The summed E-state index contributed by atoms with van der Waals surface area (Å²) in [5.74, 6) is -0.124. The summed E-state index contributed by atoms with van der Waals surface area (Å²) in [4.78, 5) is 11.2. The van der Waals surface area contributed by atoms with Gasteiger partial charge in [0.25, 0.3) is 0 Å². The Morgan fingerprint density at radius 3 is 2.53 bits per heavy atom. The van der Waals surface area contributed by atoms with Gasteiger partial charge in [-0.25, -0.2) is 0 Å². The van der Waals surface area contributed by atoms with Crippen molar-refractivity contribution in [1.29, 1.82) is 0 Å². The van der Waals surface area contributed by atoms with E-state index in [1.807, 2.05) is 6.92 Å². The fraction of sp³-hybridized carbons (Fsp3) is 0.917. The summed E-state index contributed by atoms with van der Waals surface area (Å²) in [5, 5.41) is 3.42. The maximum Gasteiger partial charge on any atom is 0.308 e. The standard InChI is InChI=1S/C12H25NO2/c1-5-6-7-8-13-11(3)9-10(2)12(14)15-4/h10-11,13H,5-9H2,1-4H3. The van der Waals surface area contributed by atoms with E-state index in [0.29, 0.717) is 6.04 Å². The first-order chi connectivity index (χ1) is 7.11. The van der Waals surface area contributed by atoms with Crippen LogP contribution in [0.3, 0.4) is 0 Å². The van der Waals surface area contributed by atoms with E-state index >= 15 is 0 Å². The topological polar surface area (TPSA) is 38.3 Å². The third-order valence-corrected chi connectivity index (χ3v) is 2.58. The molecule has 0 spiro atoms. The number of methoxy groups -OCH3 is 1. The molecule has 0 fully saturated rings. The molecule has 0 rings (SSSR count). The number of nitrogens with one attached hydrogen (secondary N) is 1. The van der Waals surface area contributed by atoms with Gasteiger partial charge in [-0.15, -0.1) is 0 Å². The maximum atomic E-state index is 11.2. The van der Waals surface area contributed by atoms with Crippen molar-refractivity contribution in [2.75, 3.05) is 13.7 Å². The smallest absolute Gasteiger partial charge is 0.308 e. The normalized spacial score (nSPS) is 14.7. The van der Waals surface area contributed by atoms with Gasteiger partial charge in [0.05, 0.1) is 13.0 Å². The van der Waals surface area contributed by atoms with E-state index in [1.54, 1.807) is 0 Å². The van der Waals surface area contributed by atoms with Crippen LogP contribution >= 0.6 is 0 Å². The second kappa shape index (κ2) is 8.72. The molecule has 0 aromatic carbocycles. The molecule has 3 nitrogen and oxygen atoms in total. The Balaban J connectivity index is 3.55. The summed E-state index contributed by atoms with van der Waals surface area (Å²) in [6, 6.07) is 0.385. The fourth-order valence-electron chi connectivity index (χ4n) is 1.63. The van der Waals surface area contributed by atoms with Crippen LogP contribution in [-0.4, -0.2) is 25.7 Å². The van der Waals surface area contributed by atoms with Crippen LogP contribution < -0.4 is 5.32 Å². The summed E-state index contributed by atoms with van der Waals surface area (Å²) < 4.78 is 4.69. The zero-order valence-corrected chi connectivity index (χ0v) is 10.5. The predicted molar refractivity (Wildman–Crippen MR) is 62.8 cm³/mol. The summed E-state index contributed by atoms with van der Waals surface area (Å²) in [5.41, 5.74) is 0. The highest BCUT2D eigenvalue weighted by Crippen LogP contribution is 2.07. The lowest BCUT2D eigenvalue weighted by Gasteiger charge is -2.16. The molecular formula is C12H25NO2. The van der Waals surface area contributed by atoms with Crippen LogP contribution in [0.5, 0.6) is 0 Å². The van der Waals surface area contributed by atoms with Crippen LogP contribution in [0, 0.1) is 5.92 Å². The van der Waals surface area contributed by atoms with Crippen LogP contribution in [0.1, 0.15) is 46.5 Å². The second-order valence-corrected chi connectivity index (χ2v) is 4.22. The Kier molecular flexibility index (Phi) is 8.38. The van der Waals surface area contributed by atoms with Gasteiger partial charge >= 0.3 is 5.97 Å². The van der Waals surface area contributed by atoms with Crippen molar-refractivity contribution in [2.24, 2.45) is 5.92 Å². The van der Waals surface area contributed by atoms with Crippen molar-refractivity contribution in [1.82, 2.24) is 5.32 Å². The molecule has 0 aliphatic rings. The van der Waals surface area contributed by atoms with Crippen LogP contribution in [0.15, 0.2) is 0 Å². The SMILES string of the molecule is CCCCCNC(C)CC(C)C(=O)OC. The van der Waals surface area contributed by atoms with Crippen LogP contribution in [0.2, 0.25) is 0 Å². The Bertz CT molecular complexity index is 171. The highest BCUT2D eigenvalue weighted by molar-refractivity contribution is 5.71. The van der Waals surface area contributed by atoms with Crippen LogP contribution in [0.4, 0.5) is 0 Å². The molecule has 2 atom stereocenters. The molecule has 0 aromatic rings. The molecule has 0 aromatic heterocycles. The lowest BCUT2D eigenvalue weighted by atomic mass is 10.0. The summed E-state index contributed by atoms with van der Waals surface area (Å²) in [6.07, 6.45) is 4.58. The summed E-state index contributed by atoms with van der Waals surface area (Å²) >= 11 is 0. The number of esters is 1. The van der Waals surface area contributed by atoms with E-state index in [-0.39, 0.29) is 11.9 Å². The second-order valence-electron chi connectivity index (χ2n) is 4.22. The molecule has 15 heavy (non-hydrogen) atoms. The number of unbranched alkanes of at least 4 members (excludes halogenated alkanes) is 2. The third kappa shape index (κ3) is 7.37. The lowest BCUT2D eigenvalue weighted by molar-refractivity contribution is -0.145. The van der Waals surface area contributed by atoms with E-state index in [9.17, 15) is 4.79 Å². The van der Waals surface area contributed by atoms with Gasteiger partial charge in [-0.3, -0.25) is 4.79 Å². The first-order valence-electron chi connectivity index (χ1n) is 5.93. The minimum Gasteiger partial charge on any atom is -0.469 e. The van der Waals surface area contributed by atoms with E-state index < -0.39 is 0 Å². The van der Waals surface area contributed by atoms with E-state index in [2.05, 4.69) is 23.9 Å². The molecule has 2 unspecified atom stereocenters. The van der Waals surface area contributed by atoms with Gasteiger partial charge in [0.15, 0.2) is 0 Å². The van der Waals surface area contributed by atoms with Crippen molar-refractivity contribution in [3.8, 4) is 0 Å². The molecule has 0 saturated heterocycles. The first kappa shape index (κ1) is 14.4. The van der Waals surface area contributed by atoms with Crippen molar-refractivity contribution in [3.63, 3.8) is 0 Å². The third-order valence-electron chi connectivity index (χ3n) is 2.58. The van der Waals surface area contributed by atoms with Crippen LogP contribution in [-0.2, 0) is 9.53 Å². The molecule has 0 heterocycles. The summed E-state index contributed by atoms with van der Waals surface area (Å²) in [7, 11) is 1.44. The Morgan fingerprint density at radius 2 is 2.00 bits per heavy atom. The van der Waals surface area contributed by atoms with Gasteiger partial charge < -0.3 is 10.1 Å². The lowest BCUT2D eigenvalue weighted by Crippen LogP contribution is -2.30. The monoisotopic (exact) mass is 215 g/mol. The molecule has 90 valence electrons. The van der Waals surface area contributed by atoms with Crippen molar-refractivity contribution >= 4 is 5.97 Å². The van der Waals surface area contributed by atoms with E-state index in [0.717, 1.165) is 13.0 Å². The van der Waals surface area contributed by atoms with Crippen molar-refractivity contribution in [2.45, 2.75) is 52.5 Å². The number of rotatable bonds is 8. The first-order valence-corrected chi connectivity index (χ1v) is 5.93. The van der Waals surface area contributed by atoms with Gasteiger partial charge in [-0.05, 0) is 26.3 Å². The number of hydrogen-bond acceptors (Lipinski definition) is 3. The number of hydrogen-bond donors (Lipinski definition) is 1. The van der Waals surface area contributed by atoms with Gasteiger partial charge in [-0.1, -0.05) is 26.7 Å². The average molecular weight is 215 g/mol. The molecule has 0 saturated carbocycles. The fourth-order valence-corrected chi connectivity index (χ4v) is 1.63. The quantitative estimate of drug-likeness (QED) is 0.499. The van der Waals surface area contributed by atoms with Crippen molar-refractivity contribution < 1.29 is 9.53 Å². The molecule has 0 aliphatic heterocycles. The molecule has 1 N–H and O–H groups in total. The van der Waals surface area contributed by atoms with Crippen LogP contribution in [0.25, 0.3) is 0 Å². The molecule has 3 heteroatoms.